The highest BCUT2D eigenvalue weighted by atomic mass is 16.5. The molecule has 2 aliphatic rings. The zero-order valence-electron chi connectivity index (χ0n) is 24.0. The molecule has 1 aliphatic carbocycles. The predicted molar refractivity (Wildman–Crippen MR) is 142 cm³/mol. The molecule has 206 valence electrons. The Morgan fingerprint density at radius 2 is 1.78 bits per heavy atom. The molecule has 1 fully saturated rings. The van der Waals surface area contributed by atoms with Gasteiger partial charge < -0.3 is 20.1 Å². The minimum atomic E-state index is -0.788. The summed E-state index contributed by atoms with van der Waals surface area (Å²) in [4.78, 5) is 42.9. The van der Waals surface area contributed by atoms with Crippen LogP contribution in [-0.2, 0) is 19.1 Å². The number of nitrogens with zero attached hydrogens (tertiary/aromatic N) is 1. The quantitative estimate of drug-likeness (QED) is 0.321. The van der Waals surface area contributed by atoms with Crippen LogP contribution in [0.3, 0.4) is 0 Å². The van der Waals surface area contributed by atoms with Crippen molar-refractivity contribution in [2.24, 2.45) is 35.0 Å². The highest BCUT2D eigenvalue weighted by Gasteiger charge is 2.59. The number of allylic oxidation sites excluding steroid dienone is 1. The monoisotopic (exact) mass is 506 g/mol. The number of aliphatic hydroxyl groups is 1. The van der Waals surface area contributed by atoms with E-state index in [9.17, 15) is 19.5 Å². The van der Waals surface area contributed by atoms with Crippen LogP contribution in [0.1, 0.15) is 88.0 Å². The molecule has 7 heteroatoms. The zero-order chi connectivity index (χ0) is 27.4. The Kier molecular flexibility index (Phi) is 10.2. The summed E-state index contributed by atoms with van der Waals surface area (Å²) in [6, 6.07) is -1.29. The maximum atomic E-state index is 14.1. The first-order valence-corrected chi connectivity index (χ1v) is 13.8. The largest absolute Gasteiger partial charge is 0.466 e. The molecule has 0 radical (unpaired) electrons. The molecule has 36 heavy (non-hydrogen) atoms. The molecule has 0 aromatic rings. The van der Waals surface area contributed by atoms with Crippen LogP contribution >= 0.6 is 0 Å². The number of esters is 1. The molecule has 2 rings (SSSR count). The van der Waals surface area contributed by atoms with Crippen LogP contribution in [0.2, 0.25) is 0 Å². The number of carbonyl (C=O) groups is 3. The van der Waals surface area contributed by atoms with Gasteiger partial charge in [-0.15, -0.1) is 0 Å². The van der Waals surface area contributed by atoms with E-state index < -0.39 is 35.4 Å². The Balaban J connectivity index is 2.58. The van der Waals surface area contributed by atoms with Gasteiger partial charge in [-0.2, -0.15) is 0 Å². The first-order chi connectivity index (χ1) is 16.7. The number of hydrogen-bond donors (Lipinski definition) is 2. The van der Waals surface area contributed by atoms with E-state index in [0.717, 1.165) is 25.7 Å². The van der Waals surface area contributed by atoms with Crippen molar-refractivity contribution in [1.29, 1.82) is 0 Å². The number of rotatable bonds is 11. The summed E-state index contributed by atoms with van der Waals surface area (Å²) in [5, 5.41) is 13.6. The average molecular weight is 507 g/mol. The fourth-order valence-electron chi connectivity index (χ4n) is 6.56. The first-order valence-electron chi connectivity index (χ1n) is 13.8. The molecule has 0 unspecified atom stereocenters. The van der Waals surface area contributed by atoms with Gasteiger partial charge in [-0.1, -0.05) is 66.5 Å². The molecule has 7 atom stereocenters. The maximum absolute atomic E-state index is 14.1. The number of fused-ring (bicyclic) bond motifs is 1. The number of amides is 2. The van der Waals surface area contributed by atoms with Crippen molar-refractivity contribution in [2.75, 3.05) is 13.2 Å². The molecule has 1 heterocycles. The summed E-state index contributed by atoms with van der Waals surface area (Å²) in [5.74, 6) is -2.71. The van der Waals surface area contributed by atoms with Crippen molar-refractivity contribution in [3.63, 3.8) is 0 Å². The summed E-state index contributed by atoms with van der Waals surface area (Å²) in [6.45, 7) is 18.2. The van der Waals surface area contributed by atoms with Crippen molar-refractivity contribution in [1.82, 2.24) is 10.2 Å². The van der Waals surface area contributed by atoms with E-state index in [1.165, 1.54) is 0 Å². The van der Waals surface area contributed by atoms with Gasteiger partial charge in [-0.05, 0) is 50.9 Å². The van der Waals surface area contributed by atoms with Gasteiger partial charge in [0.1, 0.15) is 6.04 Å². The molecule has 1 saturated heterocycles. The van der Waals surface area contributed by atoms with Gasteiger partial charge in [0.05, 0.1) is 31.1 Å². The van der Waals surface area contributed by atoms with Crippen LogP contribution in [0.25, 0.3) is 0 Å². The Hall–Kier alpha value is -1.89. The van der Waals surface area contributed by atoms with E-state index >= 15 is 0 Å². The Bertz CT molecular complexity index is 815. The minimum Gasteiger partial charge on any atom is -0.466 e. The van der Waals surface area contributed by atoms with E-state index in [0.29, 0.717) is 0 Å². The lowest BCUT2D eigenvalue weighted by atomic mass is 9.68. The highest BCUT2D eigenvalue weighted by molar-refractivity contribution is 5.96. The number of nitrogens with one attached hydrogen (secondary N) is 1. The van der Waals surface area contributed by atoms with Crippen LogP contribution in [0.15, 0.2) is 12.2 Å². The van der Waals surface area contributed by atoms with Crippen molar-refractivity contribution < 1.29 is 24.2 Å². The Morgan fingerprint density at radius 1 is 1.14 bits per heavy atom. The van der Waals surface area contributed by atoms with E-state index in [-0.39, 0.29) is 48.2 Å². The summed E-state index contributed by atoms with van der Waals surface area (Å²) in [7, 11) is 0. The van der Waals surface area contributed by atoms with Gasteiger partial charge in [-0.3, -0.25) is 14.4 Å². The average Bonchev–Trinajstić information content (AvgIpc) is 3.04. The Morgan fingerprint density at radius 3 is 2.28 bits per heavy atom. The molecule has 2 N–H and O–H groups in total. The number of likely N-dealkylation sites (tertiary alicyclic amines) is 1. The highest BCUT2D eigenvalue weighted by Crippen LogP contribution is 2.47. The molecular formula is C29H50N2O5. The number of hydrogen-bond acceptors (Lipinski definition) is 5. The van der Waals surface area contributed by atoms with Gasteiger partial charge in [0.25, 0.3) is 0 Å². The number of aliphatic hydroxyl groups excluding tert-OH is 1. The molecule has 0 aromatic carbocycles. The van der Waals surface area contributed by atoms with Gasteiger partial charge >= 0.3 is 5.97 Å². The van der Waals surface area contributed by atoms with Crippen molar-refractivity contribution in [3.05, 3.63) is 12.2 Å². The van der Waals surface area contributed by atoms with Crippen LogP contribution in [0.5, 0.6) is 0 Å². The van der Waals surface area contributed by atoms with E-state index in [2.05, 4.69) is 33.0 Å². The van der Waals surface area contributed by atoms with Gasteiger partial charge in [-0.25, -0.2) is 0 Å². The topological polar surface area (TPSA) is 95.9 Å². The second kappa shape index (κ2) is 12.1. The molecule has 7 nitrogen and oxygen atoms in total. The molecule has 0 bridgehead atoms. The van der Waals surface area contributed by atoms with Gasteiger partial charge in [0.15, 0.2) is 0 Å². The van der Waals surface area contributed by atoms with Crippen LogP contribution in [0.4, 0.5) is 0 Å². The van der Waals surface area contributed by atoms with Crippen molar-refractivity contribution >= 4 is 17.8 Å². The number of ether oxygens (including phenoxy) is 1. The van der Waals surface area contributed by atoms with Crippen molar-refractivity contribution in [2.45, 2.75) is 106 Å². The third-order valence-electron chi connectivity index (χ3n) is 7.78. The molecule has 0 spiro atoms. The fraction of sp³-hybridized carbons (Fsp3) is 0.828. The third kappa shape index (κ3) is 6.70. The minimum absolute atomic E-state index is 0.00196. The maximum Gasteiger partial charge on any atom is 0.310 e. The van der Waals surface area contributed by atoms with Crippen LogP contribution in [-0.4, -0.2) is 58.6 Å². The van der Waals surface area contributed by atoms with Gasteiger partial charge in [0.2, 0.25) is 11.8 Å². The molecule has 2 amide bonds. The van der Waals surface area contributed by atoms with E-state index in [1.807, 2.05) is 39.8 Å². The summed E-state index contributed by atoms with van der Waals surface area (Å²) >= 11 is 0. The lowest BCUT2D eigenvalue weighted by Gasteiger charge is -2.39. The Labute approximate surface area is 218 Å². The van der Waals surface area contributed by atoms with E-state index in [1.54, 1.807) is 11.8 Å². The summed E-state index contributed by atoms with van der Waals surface area (Å²) in [5.41, 5.74) is -0.487. The standard InChI is InChI=1S/C29H50N2O5/c1-10-13-19-14-15-20-23(22(19)27(35)36-12-3)26(34)31(21(16-32)18(4)11-2)24(20)25(33)30-29(8,9)17-28(5,6)7/h14-15,18-24,32H,10-13,16-17H2,1-9H3,(H,30,33)/t18-,19+,20-,21-,22+,23+,24-/m0/s1. The predicted octanol–water partition coefficient (Wildman–Crippen LogP) is 4.33. The lowest BCUT2D eigenvalue weighted by Crippen LogP contribution is -2.58. The van der Waals surface area contributed by atoms with Crippen molar-refractivity contribution in [3.8, 4) is 0 Å². The summed E-state index contributed by atoms with van der Waals surface area (Å²) < 4.78 is 5.44. The molecular weight excluding hydrogens is 456 g/mol. The smallest absolute Gasteiger partial charge is 0.310 e. The summed E-state index contributed by atoms with van der Waals surface area (Å²) in [6.07, 6.45) is 7.14. The second-order valence-corrected chi connectivity index (χ2v) is 12.7. The van der Waals surface area contributed by atoms with E-state index in [4.69, 9.17) is 4.74 Å². The molecule has 0 aromatic heterocycles. The first kappa shape index (κ1) is 30.3. The van der Waals surface area contributed by atoms with Crippen LogP contribution < -0.4 is 5.32 Å². The fourth-order valence-corrected chi connectivity index (χ4v) is 6.56. The second-order valence-electron chi connectivity index (χ2n) is 12.7. The molecule has 0 saturated carbocycles. The van der Waals surface area contributed by atoms with Gasteiger partial charge in [0, 0.05) is 11.5 Å². The van der Waals surface area contributed by atoms with Crippen LogP contribution in [0, 0.1) is 35.0 Å². The SMILES string of the molecule is CCC[C@@H]1C=C[C@H]2[C@@H](C(=O)N([C@@H](CO)[C@@H](C)CC)[C@@H]2C(=O)NC(C)(C)CC(C)(C)C)[C@@H]1C(=O)OCC. The normalized spacial score (nSPS) is 28.0. The number of carbonyl (C=O) groups excluding carboxylic acids is 3. The molecule has 1 aliphatic heterocycles. The lowest BCUT2D eigenvalue weighted by molar-refractivity contribution is -0.156. The zero-order valence-corrected chi connectivity index (χ0v) is 24.0. The third-order valence-corrected chi connectivity index (χ3v) is 7.78.